The number of anilines is 3. The summed E-state index contributed by atoms with van der Waals surface area (Å²) < 4.78 is 0. The number of nitrogens with zero attached hydrogens (tertiary/aromatic N) is 1. The smallest absolute Gasteiger partial charge is 0.188 e. The summed E-state index contributed by atoms with van der Waals surface area (Å²) >= 11 is 0. The minimum Gasteiger partial charge on any atom is -0.311 e. The Morgan fingerprint density at radius 1 is 0.692 bits per heavy atom. The Balaban J connectivity index is 2.05. The van der Waals surface area contributed by atoms with Crippen LogP contribution in [0.4, 0.5) is 17.1 Å². The summed E-state index contributed by atoms with van der Waals surface area (Å²) in [5.41, 5.74) is 6.83. The van der Waals surface area contributed by atoms with Crippen LogP contribution in [0.3, 0.4) is 0 Å². The summed E-state index contributed by atoms with van der Waals surface area (Å²) in [4.78, 5) is 14.3. The zero-order chi connectivity index (χ0) is 18.7. The van der Waals surface area contributed by atoms with Crippen molar-refractivity contribution >= 4 is 22.8 Å². The van der Waals surface area contributed by atoms with Crippen LogP contribution >= 0.6 is 0 Å². The zero-order valence-corrected chi connectivity index (χ0v) is 15.5. The third-order valence-electron chi connectivity index (χ3n) is 4.36. The number of hydrogen-bond acceptors (Lipinski definition) is 2. The topological polar surface area (TPSA) is 20.3 Å². The largest absolute Gasteiger partial charge is 0.311 e. The van der Waals surface area contributed by atoms with Crippen LogP contribution in [-0.2, 0) is 0 Å². The molecule has 0 amide bonds. The molecule has 3 aromatic rings. The number of carbonyl (C=O) groups excluding carboxylic acids is 1. The Morgan fingerprint density at radius 2 is 1.04 bits per heavy atom. The van der Waals surface area contributed by atoms with E-state index in [1.165, 1.54) is 11.1 Å². The molecule has 2 heteroatoms. The zero-order valence-electron chi connectivity index (χ0n) is 15.5. The highest BCUT2D eigenvalue weighted by Crippen LogP contribution is 2.34. The van der Waals surface area contributed by atoms with E-state index < -0.39 is 0 Å². The van der Waals surface area contributed by atoms with Gasteiger partial charge in [0, 0.05) is 22.6 Å². The van der Waals surface area contributed by atoms with Gasteiger partial charge in [0.1, 0.15) is 0 Å². The monoisotopic (exact) mass is 341 g/mol. The van der Waals surface area contributed by atoms with Gasteiger partial charge >= 0.3 is 0 Å². The summed E-state index contributed by atoms with van der Waals surface area (Å²) in [5.74, 6) is -0.0197. The number of Topliss-reactive ketones (excluding diaryl/α,β-unsaturated/α-hetero) is 1. The van der Waals surface area contributed by atoms with Gasteiger partial charge in [-0.1, -0.05) is 42.0 Å². The highest BCUT2D eigenvalue weighted by Gasteiger charge is 2.13. The fraction of sp³-hybridized carbons (Fsp3) is 0.125. The predicted octanol–water partition coefficient (Wildman–Crippen LogP) is 6.53. The molecule has 0 bridgehead atoms. The van der Waals surface area contributed by atoms with Crippen molar-refractivity contribution in [3.05, 3.63) is 102 Å². The van der Waals surface area contributed by atoms with Gasteiger partial charge in [0.15, 0.2) is 5.78 Å². The Kier molecular flexibility index (Phi) is 5.04. The molecule has 0 N–H and O–H groups in total. The fourth-order valence-electron chi connectivity index (χ4n) is 2.84. The molecule has 26 heavy (non-hydrogen) atoms. The van der Waals surface area contributed by atoms with Crippen LogP contribution in [0.5, 0.6) is 0 Å². The van der Waals surface area contributed by atoms with E-state index in [1.807, 2.05) is 24.3 Å². The number of aryl methyl sites for hydroxylation is 2. The molecule has 0 aliphatic carbocycles. The first-order chi connectivity index (χ1) is 12.5. The fourth-order valence-corrected chi connectivity index (χ4v) is 2.84. The van der Waals surface area contributed by atoms with Crippen molar-refractivity contribution in [2.75, 3.05) is 4.90 Å². The van der Waals surface area contributed by atoms with Gasteiger partial charge in [0.2, 0.25) is 0 Å². The van der Waals surface area contributed by atoms with Gasteiger partial charge in [-0.05, 0) is 74.9 Å². The first-order valence-corrected chi connectivity index (χ1v) is 8.69. The molecule has 0 atom stereocenters. The molecular weight excluding hydrogens is 318 g/mol. The minimum absolute atomic E-state index is 0.0197. The quantitative estimate of drug-likeness (QED) is 0.388. The van der Waals surface area contributed by atoms with Crippen LogP contribution in [0.2, 0.25) is 0 Å². The molecule has 130 valence electrons. The number of rotatable bonds is 5. The third-order valence-corrected chi connectivity index (χ3v) is 4.36. The van der Waals surface area contributed by atoms with Crippen LogP contribution < -0.4 is 4.90 Å². The Labute approximate surface area is 155 Å². The van der Waals surface area contributed by atoms with Gasteiger partial charge < -0.3 is 4.90 Å². The molecular formula is C24H23NO. The van der Waals surface area contributed by atoms with Gasteiger partial charge in [-0.15, -0.1) is 0 Å². The minimum atomic E-state index is -0.0197. The SMILES string of the molecule is C=C(C)C(=O)c1ccc(N(c2ccc(C)cc2)c2ccc(C)cc2)cc1. The van der Waals surface area contributed by atoms with Crippen LogP contribution in [0.1, 0.15) is 28.4 Å². The molecule has 0 heterocycles. The van der Waals surface area contributed by atoms with E-state index in [1.54, 1.807) is 6.92 Å². The van der Waals surface area contributed by atoms with Crippen molar-refractivity contribution in [3.63, 3.8) is 0 Å². The lowest BCUT2D eigenvalue weighted by atomic mass is 10.0. The molecule has 3 rings (SSSR count). The molecule has 0 unspecified atom stereocenters. The molecule has 0 aliphatic rings. The van der Waals surface area contributed by atoms with E-state index in [9.17, 15) is 4.79 Å². The second kappa shape index (κ2) is 7.40. The van der Waals surface area contributed by atoms with Crippen molar-refractivity contribution in [2.24, 2.45) is 0 Å². The lowest BCUT2D eigenvalue weighted by Crippen LogP contribution is -2.10. The normalized spacial score (nSPS) is 10.4. The van der Waals surface area contributed by atoms with Crippen molar-refractivity contribution in [1.29, 1.82) is 0 Å². The lowest BCUT2D eigenvalue weighted by Gasteiger charge is -2.26. The lowest BCUT2D eigenvalue weighted by molar-refractivity contribution is 0.103. The van der Waals surface area contributed by atoms with Crippen molar-refractivity contribution in [3.8, 4) is 0 Å². The number of benzene rings is 3. The molecule has 0 radical (unpaired) electrons. The Hall–Kier alpha value is -3.13. The summed E-state index contributed by atoms with van der Waals surface area (Å²) in [6.45, 7) is 9.64. The number of ketones is 1. The van der Waals surface area contributed by atoms with Crippen molar-refractivity contribution in [1.82, 2.24) is 0 Å². The predicted molar refractivity (Wildman–Crippen MR) is 110 cm³/mol. The first kappa shape index (κ1) is 17.7. The Bertz CT molecular complexity index is 874. The van der Waals surface area contributed by atoms with Gasteiger partial charge in [-0.3, -0.25) is 4.79 Å². The molecule has 0 saturated heterocycles. The molecule has 0 saturated carbocycles. The molecule has 3 aromatic carbocycles. The van der Waals surface area contributed by atoms with Gasteiger partial charge in [0.25, 0.3) is 0 Å². The van der Waals surface area contributed by atoms with E-state index in [0.717, 1.165) is 17.1 Å². The van der Waals surface area contributed by atoms with Crippen LogP contribution in [0.25, 0.3) is 0 Å². The van der Waals surface area contributed by atoms with Crippen LogP contribution in [-0.4, -0.2) is 5.78 Å². The average Bonchev–Trinajstić information content (AvgIpc) is 2.65. The number of hydrogen-bond donors (Lipinski definition) is 0. The maximum absolute atomic E-state index is 12.1. The summed E-state index contributed by atoms with van der Waals surface area (Å²) in [6.07, 6.45) is 0. The van der Waals surface area contributed by atoms with Crippen molar-refractivity contribution < 1.29 is 4.79 Å². The van der Waals surface area contributed by atoms with E-state index >= 15 is 0 Å². The Morgan fingerprint density at radius 3 is 1.38 bits per heavy atom. The third kappa shape index (κ3) is 3.75. The number of allylic oxidation sites excluding steroid dienone is 1. The standard InChI is InChI=1S/C24H23NO/c1-17(2)24(26)20-9-15-23(16-10-20)25(21-11-5-18(3)6-12-21)22-13-7-19(4)8-14-22/h5-16H,1H2,2-4H3. The van der Waals surface area contributed by atoms with E-state index in [2.05, 4.69) is 73.9 Å². The van der Waals surface area contributed by atoms with E-state index in [4.69, 9.17) is 0 Å². The molecule has 0 fully saturated rings. The van der Waals surface area contributed by atoms with E-state index in [0.29, 0.717) is 11.1 Å². The molecule has 0 spiro atoms. The highest BCUT2D eigenvalue weighted by molar-refractivity contribution is 6.08. The summed E-state index contributed by atoms with van der Waals surface area (Å²) in [5, 5.41) is 0. The highest BCUT2D eigenvalue weighted by atomic mass is 16.1. The van der Waals surface area contributed by atoms with Gasteiger partial charge in [0.05, 0.1) is 0 Å². The van der Waals surface area contributed by atoms with Crippen LogP contribution in [0.15, 0.2) is 84.9 Å². The maximum Gasteiger partial charge on any atom is 0.188 e. The molecule has 0 aliphatic heterocycles. The van der Waals surface area contributed by atoms with Crippen LogP contribution in [0, 0.1) is 13.8 Å². The molecule has 2 nitrogen and oxygen atoms in total. The number of carbonyl (C=O) groups is 1. The second-order valence-corrected chi connectivity index (χ2v) is 6.66. The summed E-state index contributed by atoms with van der Waals surface area (Å²) in [7, 11) is 0. The molecule has 0 aromatic heterocycles. The summed E-state index contributed by atoms with van der Waals surface area (Å²) in [6, 6.07) is 24.6. The maximum atomic E-state index is 12.1. The van der Waals surface area contributed by atoms with E-state index in [-0.39, 0.29) is 5.78 Å². The van der Waals surface area contributed by atoms with Gasteiger partial charge in [-0.25, -0.2) is 0 Å². The first-order valence-electron chi connectivity index (χ1n) is 8.69. The van der Waals surface area contributed by atoms with Gasteiger partial charge in [-0.2, -0.15) is 0 Å². The van der Waals surface area contributed by atoms with Crippen molar-refractivity contribution in [2.45, 2.75) is 20.8 Å². The average molecular weight is 341 g/mol. The second-order valence-electron chi connectivity index (χ2n) is 6.66.